The number of anilines is 1. The summed E-state index contributed by atoms with van der Waals surface area (Å²) in [4.78, 5) is 25.0. The van der Waals surface area contributed by atoms with Crippen molar-refractivity contribution in [3.8, 4) is 5.75 Å². The van der Waals surface area contributed by atoms with Crippen LogP contribution in [0.1, 0.15) is 23.5 Å². The summed E-state index contributed by atoms with van der Waals surface area (Å²) in [5.41, 5.74) is 2.09. The summed E-state index contributed by atoms with van der Waals surface area (Å²) >= 11 is 0. The van der Waals surface area contributed by atoms with Crippen molar-refractivity contribution in [2.45, 2.75) is 18.8 Å². The van der Waals surface area contributed by atoms with E-state index in [0.717, 1.165) is 29.7 Å². The van der Waals surface area contributed by atoms with Crippen molar-refractivity contribution < 1.29 is 18.7 Å². The summed E-state index contributed by atoms with van der Waals surface area (Å²) in [6.07, 6.45) is 1.87. The van der Waals surface area contributed by atoms with E-state index in [1.165, 1.54) is 12.1 Å². The molecule has 2 atom stereocenters. The van der Waals surface area contributed by atoms with Crippen LogP contribution >= 0.6 is 0 Å². The number of aryl methyl sites for hydroxylation is 1. The van der Waals surface area contributed by atoms with Crippen LogP contribution in [-0.4, -0.2) is 25.0 Å². The lowest BCUT2D eigenvalue weighted by Gasteiger charge is -2.21. The molecule has 5 nitrogen and oxygen atoms in total. The largest absolute Gasteiger partial charge is 0.493 e. The van der Waals surface area contributed by atoms with E-state index in [0.29, 0.717) is 13.2 Å². The number of carbonyl (C=O) groups is 2. The molecule has 2 aliphatic rings. The van der Waals surface area contributed by atoms with Gasteiger partial charge < -0.3 is 15.4 Å². The second-order valence-electron chi connectivity index (χ2n) is 6.62. The third-order valence-corrected chi connectivity index (χ3v) is 4.96. The van der Waals surface area contributed by atoms with Crippen LogP contribution in [0.4, 0.5) is 10.1 Å². The SMILES string of the molecule is O=C1NC[C@H](c2ccc3c(c2)CCCO3)[C@H]1C(=O)Nc1ccccc1F. The summed E-state index contributed by atoms with van der Waals surface area (Å²) in [5.74, 6) is -1.67. The Morgan fingerprint density at radius 3 is 2.92 bits per heavy atom. The van der Waals surface area contributed by atoms with Crippen molar-refractivity contribution in [2.24, 2.45) is 5.92 Å². The fourth-order valence-corrected chi connectivity index (χ4v) is 3.62. The zero-order valence-corrected chi connectivity index (χ0v) is 14.1. The quantitative estimate of drug-likeness (QED) is 0.833. The van der Waals surface area contributed by atoms with Gasteiger partial charge in [0, 0.05) is 12.5 Å². The maximum absolute atomic E-state index is 13.8. The lowest BCUT2D eigenvalue weighted by Crippen LogP contribution is -2.32. The number of hydrogen-bond donors (Lipinski definition) is 2. The molecule has 2 aromatic rings. The first-order valence-electron chi connectivity index (χ1n) is 8.72. The lowest BCUT2D eigenvalue weighted by molar-refractivity contribution is -0.130. The molecule has 2 aromatic carbocycles. The molecule has 0 aromatic heterocycles. The molecule has 2 amide bonds. The molecule has 0 saturated carbocycles. The molecule has 1 saturated heterocycles. The Hall–Kier alpha value is -2.89. The van der Waals surface area contributed by atoms with Crippen molar-refractivity contribution >= 4 is 17.5 Å². The number of para-hydroxylation sites is 1. The van der Waals surface area contributed by atoms with Gasteiger partial charge in [0.15, 0.2) is 0 Å². The molecule has 1 fully saturated rings. The van der Waals surface area contributed by atoms with Crippen LogP contribution in [-0.2, 0) is 16.0 Å². The monoisotopic (exact) mass is 354 g/mol. The summed E-state index contributed by atoms with van der Waals surface area (Å²) in [7, 11) is 0. The average molecular weight is 354 g/mol. The predicted molar refractivity (Wildman–Crippen MR) is 94.5 cm³/mol. The summed E-state index contributed by atoms with van der Waals surface area (Å²) in [6.45, 7) is 1.09. The number of hydrogen-bond acceptors (Lipinski definition) is 3. The minimum Gasteiger partial charge on any atom is -0.493 e. The van der Waals surface area contributed by atoms with E-state index in [9.17, 15) is 14.0 Å². The van der Waals surface area contributed by atoms with Gasteiger partial charge in [-0.25, -0.2) is 4.39 Å². The highest BCUT2D eigenvalue weighted by Crippen LogP contribution is 2.34. The third kappa shape index (κ3) is 3.03. The minimum atomic E-state index is -0.892. The number of nitrogens with one attached hydrogen (secondary N) is 2. The Bertz CT molecular complexity index is 868. The molecule has 2 N–H and O–H groups in total. The van der Waals surface area contributed by atoms with E-state index in [1.54, 1.807) is 12.1 Å². The van der Waals surface area contributed by atoms with E-state index >= 15 is 0 Å². The van der Waals surface area contributed by atoms with Gasteiger partial charge in [-0.2, -0.15) is 0 Å². The molecule has 2 heterocycles. The number of halogens is 1. The van der Waals surface area contributed by atoms with Gasteiger partial charge in [-0.1, -0.05) is 24.3 Å². The zero-order chi connectivity index (χ0) is 18.1. The molecule has 26 heavy (non-hydrogen) atoms. The van der Waals surface area contributed by atoms with E-state index in [-0.39, 0.29) is 17.5 Å². The van der Waals surface area contributed by atoms with Crippen LogP contribution < -0.4 is 15.4 Å². The number of ether oxygens (including phenoxy) is 1. The molecule has 0 unspecified atom stereocenters. The van der Waals surface area contributed by atoms with Gasteiger partial charge >= 0.3 is 0 Å². The first-order chi connectivity index (χ1) is 12.6. The van der Waals surface area contributed by atoms with E-state index in [2.05, 4.69) is 10.6 Å². The average Bonchev–Trinajstić information content (AvgIpc) is 3.05. The van der Waals surface area contributed by atoms with Crippen LogP contribution in [0.15, 0.2) is 42.5 Å². The Kier molecular flexibility index (Phi) is 4.32. The van der Waals surface area contributed by atoms with Gasteiger partial charge in [-0.15, -0.1) is 0 Å². The topological polar surface area (TPSA) is 67.4 Å². The van der Waals surface area contributed by atoms with Crippen LogP contribution in [0.2, 0.25) is 0 Å². The van der Waals surface area contributed by atoms with Crippen molar-refractivity contribution in [1.29, 1.82) is 0 Å². The normalized spacial score (nSPS) is 21.5. The Labute approximate surface area is 150 Å². The molecule has 0 aliphatic carbocycles. The van der Waals surface area contributed by atoms with Gasteiger partial charge in [0.2, 0.25) is 11.8 Å². The van der Waals surface area contributed by atoms with Crippen molar-refractivity contribution in [1.82, 2.24) is 5.32 Å². The highest BCUT2D eigenvalue weighted by Gasteiger charge is 2.41. The van der Waals surface area contributed by atoms with Crippen LogP contribution in [0.5, 0.6) is 5.75 Å². The third-order valence-electron chi connectivity index (χ3n) is 4.96. The lowest BCUT2D eigenvalue weighted by atomic mass is 9.86. The van der Waals surface area contributed by atoms with Crippen LogP contribution in [0.25, 0.3) is 0 Å². The Morgan fingerprint density at radius 1 is 1.23 bits per heavy atom. The number of carbonyl (C=O) groups excluding carboxylic acids is 2. The summed E-state index contributed by atoms with van der Waals surface area (Å²) < 4.78 is 19.4. The molecular weight excluding hydrogens is 335 g/mol. The highest BCUT2D eigenvalue weighted by molar-refractivity contribution is 6.08. The van der Waals surface area contributed by atoms with E-state index in [1.807, 2.05) is 18.2 Å². The number of fused-ring (bicyclic) bond motifs is 1. The maximum Gasteiger partial charge on any atom is 0.237 e. The maximum atomic E-state index is 13.8. The van der Waals surface area contributed by atoms with Gasteiger partial charge in [0.25, 0.3) is 0 Å². The fourth-order valence-electron chi connectivity index (χ4n) is 3.62. The molecule has 0 radical (unpaired) electrons. The second-order valence-corrected chi connectivity index (χ2v) is 6.62. The number of amides is 2. The first-order valence-corrected chi connectivity index (χ1v) is 8.72. The predicted octanol–water partition coefficient (Wildman–Crippen LogP) is 2.62. The summed E-state index contributed by atoms with van der Waals surface area (Å²) in [5, 5.41) is 5.30. The second kappa shape index (κ2) is 6.78. The summed E-state index contributed by atoms with van der Waals surface area (Å²) in [6, 6.07) is 11.7. The molecule has 0 bridgehead atoms. The minimum absolute atomic E-state index is 0.0785. The smallest absolute Gasteiger partial charge is 0.237 e. The van der Waals surface area contributed by atoms with Gasteiger partial charge in [0.05, 0.1) is 12.3 Å². The Morgan fingerprint density at radius 2 is 2.08 bits per heavy atom. The molecule has 0 spiro atoms. The van der Waals surface area contributed by atoms with Crippen LogP contribution in [0.3, 0.4) is 0 Å². The van der Waals surface area contributed by atoms with E-state index < -0.39 is 17.6 Å². The molecule has 2 aliphatic heterocycles. The molecule has 134 valence electrons. The first kappa shape index (κ1) is 16.6. The number of rotatable bonds is 3. The van der Waals surface area contributed by atoms with E-state index in [4.69, 9.17) is 4.74 Å². The van der Waals surface area contributed by atoms with Gasteiger partial charge in [0.1, 0.15) is 17.5 Å². The standard InChI is InChI=1S/C20H19FN2O3/c21-15-5-1-2-6-16(15)23-20(25)18-14(11-22-19(18)24)12-7-8-17-13(10-12)4-3-9-26-17/h1-2,5-8,10,14,18H,3-4,9,11H2,(H,22,24)(H,23,25)/t14-,18-/m1/s1. The Balaban J connectivity index is 1.59. The van der Waals surface area contributed by atoms with Crippen molar-refractivity contribution in [3.05, 3.63) is 59.4 Å². The van der Waals surface area contributed by atoms with Crippen LogP contribution in [0, 0.1) is 11.7 Å². The van der Waals surface area contributed by atoms with Crippen molar-refractivity contribution in [3.63, 3.8) is 0 Å². The highest BCUT2D eigenvalue weighted by atomic mass is 19.1. The van der Waals surface area contributed by atoms with Crippen molar-refractivity contribution in [2.75, 3.05) is 18.5 Å². The van der Waals surface area contributed by atoms with Gasteiger partial charge in [-0.3, -0.25) is 9.59 Å². The number of benzene rings is 2. The molecule has 4 rings (SSSR count). The molecular formula is C20H19FN2O3. The fraction of sp³-hybridized carbons (Fsp3) is 0.300. The van der Waals surface area contributed by atoms with Gasteiger partial charge in [-0.05, 0) is 42.2 Å². The zero-order valence-electron chi connectivity index (χ0n) is 14.1. The molecule has 6 heteroatoms.